The molecule has 1 heterocycles. The molecular formula is C7H9O2S+. The maximum absolute atomic E-state index is 10.6. The van der Waals surface area contributed by atoms with Crippen LogP contribution in [-0.4, -0.2) is 5.78 Å². The molecule has 0 aromatic carbocycles. The van der Waals surface area contributed by atoms with Crippen molar-refractivity contribution in [3.8, 4) is 0 Å². The summed E-state index contributed by atoms with van der Waals surface area (Å²) >= 11 is 1.28. The van der Waals surface area contributed by atoms with E-state index in [-0.39, 0.29) is 5.78 Å². The summed E-state index contributed by atoms with van der Waals surface area (Å²) in [6.07, 6.45) is 0.502. The van der Waals surface area contributed by atoms with Crippen LogP contribution in [0, 0.1) is 6.92 Å². The second-order valence-corrected chi connectivity index (χ2v) is 3.12. The Kier molecular flexibility index (Phi) is 2.17. The highest BCUT2D eigenvalue weighted by Crippen LogP contribution is 2.13. The van der Waals surface area contributed by atoms with Gasteiger partial charge in [-0.1, -0.05) is 0 Å². The van der Waals surface area contributed by atoms with Gasteiger partial charge in [0, 0.05) is 6.42 Å². The number of hydrogen-bond donors (Lipinski definition) is 0. The van der Waals surface area contributed by atoms with Crippen LogP contribution in [0.3, 0.4) is 0 Å². The minimum absolute atomic E-state index is 0.178. The van der Waals surface area contributed by atoms with E-state index >= 15 is 0 Å². The fourth-order valence-electron chi connectivity index (χ4n) is 0.720. The van der Waals surface area contributed by atoms with Gasteiger partial charge in [0.1, 0.15) is 10.7 Å². The first-order valence-electron chi connectivity index (χ1n) is 3.06. The predicted octanol–water partition coefficient (Wildman–Crippen LogP) is 2.06. The first kappa shape index (κ1) is 7.41. The van der Waals surface area contributed by atoms with Crippen LogP contribution in [0.25, 0.3) is 0 Å². The molecule has 1 rings (SSSR count). The van der Waals surface area contributed by atoms with Crippen LogP contribution in [0.5, 0.6) is 0 Å². The summed E-state index contributed by atoms with van der Waals surface area (Å²) in [4.78, 5) is 11.6. The van der Waals surface area contributed by atoms with E-state index in [1.165, 1.54) is 11.6 Å². The standard InChI is InChI=1S/C7H9O2S/c1-5(8)3-7-4-6(2)9-10-7/h4H,3H2,1-2H3/q+1. The van der Waals surface area contributed by atoms with Crippen LogP contribution in [0.4, 0.5) is 0 Å². The van der Waals surface area contributed by atoms with Gasteiger partial charge in [0.25, 0.3) is 0 Å². The van der Waals surface area contributed by atoms with Gasteiger partial charge >= 0.3 is 17.4 Å². The average Bonchev–Trinajstić information content (AvgIpc) is 2.13. The van der Waals surface area contributed by atoms with Crippen molar-refractivity contribution in [1.29, 1.82) is 0 Å². The maximum atomic E-state index is 10.6. The molecule has 0 radical (unpaired) electrons. The second kappa shape index (κ2) is 2.92. The van der Waals surface area contributed by atoms with Gasteiger partial charge < -0.3 is 0 Å². The molecule has 1 aromatic heterocycles. The summed E-state index contributed by atoms with van der Waals surface area (Å²) in [5.74, 6) is 1.05. The minimum atomic E-state index is 0.178. The van der Waals surface area contributed by atoms with E-state index in [1.54, 1.807) is 6.92 Å². The number of rotatable bonds is 2. The lowest BCUT2D eigenvalue weighted by Gasteiger charge is -1.80. The number of Topliss-reactive ketones (excluding diaryl/α,β-unsaturated/α-hetero) is 1. The number of hydrogen-bond acceptors (Lipinski definition) is 2. The van der Waals surface area contributed by atoms with Crippen LogP contribution in [0.2, 0.25) is 0 Å². The Hall–Kier alpha value is -0.700. The highest BCUT2D eigenvalue weighted by molar-refractivity contribution is 7.03. The Labute approximate surface area is 63.7 Å². The molecule has 0 N–H and O–H groups in total. The summed E-state index contributed by atoms with van der Waals surface area (Å²) in [6, 6.07) is 1.89. The van der Waals surface area contributed by atoms with Crippen molar-refractivity contribution in [3.05, 3.63) is 16.7 Å². The van der Waals surface area contributed by atoms with Gasteiger partial charge in [-0.05, 0) is 6.92 Å². The van der Waals surface area contributed by atoms with Gasteiger partial charge in [0.15, 0.2) is 0 Å². The molecule has 0 unspecified atom stereocenters. The monoisotopic (exact) mass is 157 g/mol. The van der Waals surface area contributed by atoms with Crippen molar-refractivity contribution in [2.45, 2.75) is 20.3 Å². The number of carbonyl (C=O) groups is 1. The van der Waals surface area contributed by atoms with Crippen molar-refractivity contribution in [3.63, 3.8) is 0 Å². The fraction of sp³-hybridized carbons (Fsp3) is 0.429. The topological polar surface area (TPSA) is 28.4 Å². The van der Waals surface area contributed by atoms with Gasteiger partial charge in [-0.2, -0.15) is 0 Å². The average molecular weight is 157 g/mol. The van der Waals surface area contributed by atoms with Crippen molar-refractivity contribution in [1.82, 2.24) is 0 Å². The highest BCUT2D eigenvalue weighted by atomic mass is 32.1. The molecule has 0 bridgehead atoms. The second-order valence-electron chi connectivity index (χ2n) is 2.27. The van der Waals surface area contributed by atoms with Crippen molar-refractivity contribution in [2.75, 3.05) is 0 Å². The molecule has 0 aliphatic carbocycles. The SMILES string of the molecule is CC(=O)Cc1cc(C)[o+]s1. The van der Waals surface area contributed by atoms with E-state index < -0.39 is 0 Å². The van der Waals surface area contributed by atoms with Gasteiger partial charge in [-0.3, -0.25) is 4.79 Å². The summed E-state index contributed by atoms with van der Waals surface area (Å²) in [6.45, 7) is 3.45. The molecule has 0 aliphatic rings. The summed E-state index contributed by atoms with van der Waals surface area (Å²) in [5.41, 5.74) is 0. The fourth-order valence-corrected chi connectivity index (χ4v) is 1.48. The van der Waals surface area contributed by atoms with Crippen LogP contribution in [-0.2, 0) is 11.2 Å². The molecule has 10 heavy (non-hydrogen) atoms. The molecule has 1 aromatic rings. The van der Waals surface area contributed by atoms with Gasteiger partial charge in [-0.15, -0.1) is 3.85 Å². The number of ketones is 1. The van der Waals surface area contributed by atoms with Crippen molar-refractivity contribution in [2.24, 2.45) is 0 Å². The zero-order valence-electron chi connectivity index (χ0n) is 6.01. The van der Waals surface area contributed by atoms with E-state index in [2.05, 4.69) is 0 Å². The Morgan fingerprint density at radius 3 is 2.90 bits per heavy atom. The van der Waals surface area contributed by atoms with Gasteiger partial charge in [0.05, 0.1) is 13.0 Å². The maximum Gasteiger partial charge on any atom is 0.351 e. The largest absolute Gasteiger partial charge is 0.351 e. The lowest BCUT2D eigenvalue weighted by Crippen LogP contribution is -1.92. The molecule has 0 aliphatic heterocycles. The quantitative estimate of drug-likeness (QED) is 0.615. The third-order valence-electron chi connectivity index (χ3n) is 1.07. The molecule has 0 spiro atoms. The van der Waals surface area contributed by atoms with E-state index in [0.717, 1.165) is 10.6 Å². The summed E-state index contributed by atoms with van der Waals surface area (Å²) in [5, 5.41) is 0. The Morgan fingerprint density at radius 1 is 1.80 bits per heavy atom. The smallest absolute Gasteiger partial charge is 0.300 e. The Morgan fingerprint density at radius 2 is 2.50 bits per heavy atom. The molecule has 2 nitrogen and oxygen atoms in total. The molecule has 3 heteroatoms. The third-order valence-corrected chi connectivity index (χ3v) is 1.89. The number of aryl methyl sites for hydroxylation is 1. The molecule has 0 fully saturated rings. The van der Waals surface area contributed by atoms with E-state index in [9.17, 15) is 4.79 Å². The normalized spacial score (nSPS) is 9.80. The summed E-state index contributed by atoms with van der Waals surface area (Å²) < 4.78 is 5.05. The molecular weight excluding hydrogens is 148 g/mol. The van der Waals surface area contributed by atoms with Crippen LogP contribution in [0.1, 0.15) is 17.6 Å². The minimum Gasteiger partial charge on any atom is -0.300 e. The van der Waals surface area contributed by atoms with E-state index in [0.29, 0.717) is 6.42 Å². The zero-order chi connectivity index (χ0) is 7.56. The highest BCUT2D eigenvalue weighted by Gasteiger charge is 2.11. The molecule has 0 atom stereocenters. The summed E-state index contributed by atoms with van der Waals surface area (Å²) in [7, 11) is 0. The zero-order valence-corrected chi connectivity index (χ0v) is 6.83. The molecule has 0 amide bonds. The predicted molar refractivity (Wildman–Crippen MR) is 40.1 cm³/mol. The first-order valence-corrected chi connectivity index (χ1v) is 3.81. The van der Waals surface area contributed by atoms with Crippen LogP contribution in [0.15, 0.2) is 9.92 Å². The molecule has 0 saturated carbocycles. The van der Waals surface area contributed by atoms with Gasteiger partial charge in [0.2, 0.25) is 0 Å². The van der Waals surface area contributed by atoms with Gasteiger partial charge in [-0.25, -0.2) is 0 Å². The van der Waals surface area contributed by atoms with Crippen molar-refractivity contribution >= 4 is 17.4 Å². The van der Waals surface area contributed by atoms with Crippen LogP contribution < -0.4 is 0 Å². The van der Waals surface area contributed by atoms with Crippen LogP contribution >= 0.6 is 11.6 Å². The lowest BCUT2D eigenvalue weighted by atomic mass is 10.2. The number of carbonyl (C=O) groups excluding carboxylic acids is 1. The molecule has 54 valence electrons. The first-order chi connectivity index (χ1) is 4.68. The van der Waals surface area contributed by atoms with E-state index in [1.807, 2.05) is 13.0 Å². The lowest BCUT2D eigenvalue weighted by molar-refractivity contribution is -0.116. The molecule has 0 saturated heterocycles. The Balaban J connectivity index is 2.67. The van der Waals surface area contributed by atoms with Crippen molar-refractivity contribution < 1.29 is 8.64 Å². The third kappa shape index (κ3) is 1.92. The Bertz CT molecular complexity index is 240. The van der Waals surface area contributed by atoms with E-state index in [4.69, 9.17) is 3.85 Å².